The van der Waals surface area contributed by atoms with Crippen molar-refractivity contribution in [1.82, 2.24) is 0 Å². The number of ketones is 1. The summed E-state index contributed by atoms with van der Waals surface area (Å²) >= 11 is 0. The van der Waals surface area contributed by atoms with Crippen molar-refractivity contribution in [3.63, 3.8) is 0 Å². The Labute approximate surface area is 80.1 Å². The fraction of sp³-hybridized carbons (Fsp3) is 0.111. The topological polar surface area (TPSA) is 89.6 Å². The maximum atomic E-state index is 11.0. The first-order chi connectivity index (χ1) is 6.56. The zero-order valence-corrected chi connectivity index (χ0v) is 7.48. The van der Waals surface area contributed by atoms with Crippen LogP contribution in [-0.2, 0) is 4.79 Å². The number of carbonyl (C=O) groups is 2. The molecule has 0 spiro atoms. The quantitative estimate of drug-likeness (QED) is 0.417. The molecular weight excluding hydrogens is 186 g/mol. The summed E-state index contributed by atoms with van der Waals surface area (Å²) in [6.45, 7) is 0. The number of nitrogen functional groups attached to an aromatic ring is 1. The van der Waals surface area contributed by atoms with Crippen molar-refractivity contribution < 1.29 is 19.4 Å². The fourth-order valence-electron chi connectivity index (χ4n) is 0.976. The predicted molar refractivity (Wildman–Crippen MR) is 49.4 cm³/mol. The van der Waals surface area contributed by atoms with E-state index in [1.165, 1.54) is 25.3 Å². The van der Waals surface area contributed by atoms with Crippen LogP contribution in [0.3, 0.4) is 0 Å². The van der Waals surface area contributed by atoms with Crippen molar-refractivity contribution in [3.8, 4) is 5.75 Å². The predicted octanol–water partition coefficient (Wildman–Crippen LogP) is 0.545. The summed E-state index contributed by atoms with van der Waals surface area (Å²) in [6, 6.07) is 4.06. The molecule has 0 saturated carbocycles. The molecule has 0 radical (unpaired) electrons. The molecule has 14 heavy (non-hydrogen) atoms. The van der Waals surface area contributed by atoms with Gasteiger partial charge in [-0.1, -0.05) is 0 Å². The average Bonchev–Trinajstić information content (AvgIpc) is 2.17. The molecule has 5 nitrogen and oxygen atoms in total. The van der Waals surface area contributed by atoms with E-state index in [4.69, 9.17) is 15.6 Å². The third-order valence-electron chi connectivity index (χ3n) is 1.69. The molecule has 0 fully saturated rings. The maximum absolute atomic E-state index is 11.0. The number of hydrogen-bond acceptors (Lipinski definition) is 4. The third kappa shape index (κ3) is 1.82. The second-order valence-corrected chi connectivity index (χ2v) is 2.59. The van der Waals surface area contributed by atoms with E-state index in [1.54, 1.807) is 0 Å². The Morgan fingerprint density at radius 2 is 2.07 bits per heavy atom. The number of benzene rings is 1. The van der Waals surface area contributed by atoms with Gasteiger partial charge in [0.05, 0.1) is 12.8 Å². The molecule has 0 aliphatic rings. The van der Waals surface area contributed by atoms with E-state index in [-0.39, 0.29) is 11.3 Å². The molecule has 0 aliphatic heterocycles. The highest BCUT2D eigenvalue weighted by atomic mass is 16.5. The summed E-state index contributed by atoms with van der Waals surface area (Å²) in [6.07, 6.45) is 0. The summed E-state index contributed by atoms with van der Waals surface area (Å²) in [5.41, 5.74) is 5.89. The molecule has 0 amide bonds. The number of anilines is 1. The van der Waals surface area contributed by atoms with Gasteiger partial charge in [0.1, 0.15) is 5.75 Å². The standard InChI is InChI=1S/C9H9NO4/c1-14-7-4-5(2-3-6(7)10)8(11)9(12)13/h2-4H,10H2,1H3,(H,12,13). The van der Waals surface area contributed by atoms with Crippen LogP contribution in [0.2, 0.25) is 0 Å². The van der Waals surface area contributed by atoms with E-state index >= 15 is 0 Å². The molecule has 1 aromatic rings. The highest BCUT2D eigenvalue weighted by Crippen LogP contribution is 2.22. The summed E-state index contributed by atoms with van der Waals surface area (Å²) < 4.78 is 4.85. The molecule has 0 saturated heterocycles. The van der Waals surface area contributed by atoms with Crippen LogP contribution in [0, 0.1) is 0 Å². The molecule has 0 bridgehead atoms. The lowest BCUT2D eigenvalue weighted by Gasteiger charge is -2.04. The molecule has 0 unspecified atom stereocenters. The zero-order valence-electron chi connectivity index (χ0n) is 7.48. The molecule has 5 heteroatoms. The van der Waals surface area contributed by atoms with E-state index in [9.17, 15) is 9.59 Å². The summed E-state index contributed by atoms with van der Waals surface area (Å²) in [5, 5.41) is 8.45. The van der Waals surface area contributed by atoms with Crippen molar-refractivity contribution in [2.45, 2.75) is 0 Å². The number of aliphatic carboxylic acids is 1. The van der Waals surface area contributed by atoms with Gasteiger partial charge in [-0.3, -0.25) is 4.79 Å². The summed E-state index contributed by atoms with van der Waals surface area (Å²) in [7, 11) is 1.39. The summed E-state index contributed by atoms with van der Waals surface area (Å²) in [4.78, 5) is 21.4. The van der Waals surface area contributed by atoms with Crippen molar-refractivity contribution in [2.75, 3.05) is 12.8 Å². The number of carboxylic acid groups (broad SMARTS) is 1. The number of nitrogens with two attached hydrogens (primary N) is 1. The molecule has 0 atom stereocenters. The van der Waals surface area contributed by atoms with Crippen LogP contribution in [0.4, 0.5) is 5.69 Å². The Morgan fingerprint density at radius 3 is 2.57 bits per heavy atom. The second kappa shape index (κ2) is 3.78. The monoisotopic (exact) mass is 195 g/mol. The van der Waals surface area contributed by atoms with Gasteiger partial charge < -0.3 is 15.6 Å². The Balaban J connectivity index is 3.12. The van der Waals surface area contributed by atoms with E-state index in [0.717, 1.165) is 0 Å². The Bertz CT molecular complexity index is 386. The van der Waals surface area contributed by atoms with Gasteiger partial charge in [-0.15, -0.1) is 0 Å². The highest BCUT2D eigenvalue weighted by molar-refractivity contribution is 6.39. The lowest BCUT2D eigenvalue weighted by molar-refractivity contribution is -0.131. The van der Waals surface area contributed by atoms with Crippen LogP contribution >= 0.6 is 0 Å². The number of carbonyl (C=O) groups excluding carboxylic acids is 1. The molecule has 3 N–H and O–H groups in total. The van der Waals surface area contributed by atoms with E-state index in [2.05, 4.69) is 0 Å². The van der Waals surface area contributed by atoms with Gasteiger partial charge in [0.15, 0.2) is 0 Å². The van der Waals surface area contributed by atoms with Crippen molar-refractivity contribution in [2.24, 2.45) is 0 Å². The molecule has 1 aromatic carbocycles. The fourth-order valence-corrected chi connectivity index (χ4v) is 0.976. The first-order valence-electron chi connectivity index (χ1n) is 3.77. The number of carboxylic acids is 1. The Hall–Kier alpha value is -2.04. The van der Waals surface area contributed by atoms with Crippen molar-refractivity contribution in [3.05, 3.63) is 23.8 Å². The minimum atomic E-state index is -1.50. The van der Waals surface area contributed by atoms with Crippen LogP contribution in [0.5, 0.6) is 5.75 Å². The average molecular weight is 195 g/mol. The Morgan fingerprint density at radius 1 is 1.43 bits per heavy atom. The van der Waals surface area contributed by atoms with Gasteiger partial charge in [0.2, 0.25) is 0 Å². The lowest BCUT2D eigenvalue weighted by atomic mass is 10.1. The van der Waals surface area contributed by atoms with Crippen LogP contribution in [0.25, 0.3) is 0 Å². The minimum Gasteiger partial charge on any atom is -0.495 e. The summed E-state index contributed by atoms with van der Waals surface area (Å²) in [5.74, 6) is -2.20. The van der Waals surface area contributed by atoms with Crippen LogP contribution in [0.15, 0.2) is 18.2 Å². The third-order valence-corrected chi connectivity index (χ3v) is 1.69. The van der Waals surface area contributed by atoms with Gasteiger partial charge in [-0.25, -0.2) is 4.79 Å². The van der Waals surface area contributed by atoms with Gasteiger partial charge >= 0.3 is 5.97 Å². The van der Waals surface area contributed by atoms with Crippen LogP contribution < -0.4 is 10.5 Å². The normalized spacial score (nSPS) is 9.50. The number of rotatable bonds is 3. The number of hydrogen-bond donors (Lipinski definition) is 2. The molecule has 0 heterocycles. The molecule has 1 rings (SSSR count). The molecular formula is C9H9NO4. The van der Waals surface area contributed by atoms with E-state index < -0.39 is 11.8 Å². The number of ether oxygens (including phenoxy) is 1. The van der Waals surface area contributed by atoms with Crippen molar-refractivity contribution in [1.29, 1.82) is 0 Å². The molecule has 0 aromatic heterocycles. The molecule has 74 valence electrons. The largest absolute Gasteiger partial charge is 0.495 e. The molecule has 0 aliphatic carbocycles. The van der Waals surface area contributed by atoms with E-state index in [0.29, 0.717) is 5.69 Å². The highest BCUT2D eigenvalue weighted by Gasteiger charge is 2.15. The van der Waals surface area contributed by atoms with Crippen LogP contribution in [0.1, 0.15) is 10.4 Å². The number of methoxy groups -OCH3 is 1. The SMILES string of the molecule is COc1cc(C(=O)C(=O)O)ccc1N. The maximum Gasteiger partial charge on any atom is 0.377 e. The smallest absolute Gasteiger partial charge is 0.377 e. The lowest BCUT2D eigenvalue weighted by Crippen LogP contribution is -2.12. The van der Waals surface area contributed by atoms with Crippen molar-refractivity contribution >= 4 is 17.4 Å². The van der Waals surface area contributed by atoms with Crippen LogP contribution in [-0.4, -0.2) is 24.0 Å². The first kappa shape index (κ1) is 10.0. The Kier molecular flexibility index (Phi) is 2.71. The van der Waals surface area contributed by atoms with Gasteiger partial charge in [-0.2, -0.15) is 0 Å². The zero-order chi connectivity index (χ0) is 10.7. The number of Topliss-reactive ketones (excluding diaryl/α,β-unsaturated/α-hetero) is 1. The van der Waals surface area contributed by atoms with Gasteiger partial charge in [-0.05, 0) is 18.2 Å². The minimum absolute atomic E-state index is 0.0450. The van der Waals surface area contributed by atoms with Gasteiger partial charge in [0.25, 0.3) is 5.78 Å². The van der Waals surface area contributed by atoms with Gasteiger partial charge in [0, 0.05) is 5.56 Å². The van der Waals surface area contributed by atoms with E-state index in [1.807, 2.05) is 0 Å². The first-order valence-corrected chi connectivity index (χ1v) is 3.77. The second-order valence-electron chi connectivity index (χ2n) is 2.59.